The maximum Gasteiger partial charge on any atom is 0.336 e. The highest BCUT2D eigenvalue weighted by atomic mass is 35.5. The van der Waals surface area contributed by atoms with E-state index in [1.165, 1.54) is 6.92 Å². The van der Waals surface area contributed by atoms with Crippen molar-refractivity contribution in [1.82, 2.24) is 0 Å². The average Bonchev–Trinajstić information content (AvgIpc) is 2.38. The van der Waals surface area contributed by atoms with Crippen molar-refractivity contribution in [3.05, 3.63) is 57.6 Å². The van der Waals surface area contributed by atoms with Gasteiger partial charge in [0.25, 0.3) is 0 Å². The fourth-order valence-corrected chi connectivity index (χ4v) is 2.27. The van der Waals surface area contributed by atoms with Crippen molar-refractivity contribution < 1.29 is 14.6 Å². The Labute approximate surface area is 120 Å². The number of carboxylic acid groups (broad SMARTS) is 1. The van der Waals surface area contributed by atoms with Crippen LogP contribution in [-0.4, -0.2) is 11.1 Å². The molecule has 20 heavy (non-hydrogen) atoms. The molecule has 0 saturated carbocycles. The van der Waals surface area contributed by atoms with E-state index in [4.69, 9.17) is 22.1 Å². The molecular weight excluding hydrogens is 280 g/mol. The van der Waals surface area contributed by atoms with Crippen LogP contribution in [0, 0.1) is 11.3 Å². The van der Waals surface area contributed by atoms with Gasteiger partial charge in [-0.15, -0.1) is 0 Å². The zero-order valence-electron chi connectivity index (χ0n) is 10.6. The summed E-state index contributed by atoms with van der Waals surface area (Å²) in [5, 5.41) is 19.1. The Morgan fingerprint density at radius 1 is 1.45 bits per heavy atom. The lowest BCUT2D eigenvalue weighted by molar-refractivity contribution is -0.133. The molecular formula is C14H11ClN2O3. The van der Waals surface area contributed by atoms with Crippen LogP contribution in [0.15, 0.2) is 47.1 Å². The second-order valence-corrected chi connectivity index (χ2v) is 4.69. The monoisotopic (exact) mass is 290 g/mol. The third-order valence-corrected chi connectivity index (χ3v) is 3.29. The molecule has 1 aromatic rings. The maximum atomic E-state index is 11.4. The van der Waals surface area contributed by atoms with Crippen molar-refractivity contribution >= 4 is 17.6 Å². The Bertz CT molecular complexity index is 669. The van der Waals surface area contributed by atoms with Crippen LogP contribution in [0.2, 0.25) is 5.02 Å². The van der Waals surface area contributed by atoms with E-state index >= 15 is 0 Å². The Morgan fingerprint density at radius 2 is 2.05 bits per heavy atom. The Balaban J connectivity index is 2.64. The van der Waals surface area contributed by atoms with E-state index < -0.39 is 11.9 Å². The predicted octanol–water partition coefficient (Wildman–Crippen LogP) is 2.51. The van der Waals surface area contributed by atoms with Crippen molar-refractivity contribution in [1.29, 1.82) is 5.26 Å². The van der Waals surface area contributed by atoms with Crippen molar-refractivity contribution in [3.8, 4) is 6.07 Å². The Hall–Kier alpha value is -2.45. The summed E-state index contributed by atoms with van der Waals surface area (Å²) in [7, 11) is 0. The zero-order valence-corrected chi connectivity index (χ0v) is 11.3. The zero-order chi connectivity index (χ0) is 14.9. The summed E-state index contributed by atoms with van der Waals surface area (Å²) in [6.45, 7) is 1.51. The van der Waals surface area contributed by atoms with Gasteiger partial charge in [0.15, 0.2) is 0 Å². The van der Waals surface area contributed by atoms with Gasteiger partial charge in [0.05, 0.1) is 11.5 Å². The summed E-state index contributed by atoms with van der Waals surface area (Å²) in [4.78, 5) is 11.4. The first-order valence-electron chi connectivity index (χ1n) is 5.72. The van der Waals surface area contributed by atoms with E-state index in [1.54, 1.807) is 24.3 Å². The number of ether oxygens (including phenoxy) is 1. The normalized spacial score (nSPS) is 18.6. The number of allylic oxidation sites excluding steroid dienone is 2. The smallest absolute Gasteiger partial charge is 0.336 e. The molecule has 6 heteroatoms. The second kappa shape index (κ2) is 5.27. The maximum absolute atomic E-state index is 11.4. The van der Waals surface area contributed by atoms with Crippen LogP contribution in [-0.2, 0) is 9.53 Å². The minimum atomic E-state index is -1.15. The highest BCUT2D eigenvalue weighted by Crippen LogP contribution is 2.39. The van der Waals surface area contributed by atoms with E-state index in [0.717, 1.165) is 0 Å². The van der Waals surface area contributed by atoms with Gasteiger partial charge in [0, 0.05) is 5.02 Å². The van der Waals surface area contributed by atoms with Gasteiger partial charge in [0.2, 0.25) is 5.88 Å². The summed E-state index contributed by atoms with van der Waals surface area (Å²) in [5.74, 6) is -1.81. The topological polar surface area (TPSA) is 96.3 Å². The van der Waals surface area contributed by atoms with Crippen LogP contribution in [0.3, 0.4) is 0 Å². The summed E-state index contributed by atoms with van der Waals surface area (Å²) in [5.41, 5.74) is 6.38. The molecule has 0 aromatic heterocycles. The van der Waals surface area contributed by atoms with E-state index in [2.05, 4.69) is 0 Å². The lowest BCUT2D eigenvalue weighted by atomic mass is 9.83. The number of hydrogen-bond donors (Lipinski definition) is 2. The fraction of sp³-hybridized carbons (Fsp3) is 0.143. The van der Waals surface area contributed by atoms with Crippen LogP contribution in [0.5, 0.6) is 0 Å². The van der Waals surface area contributed by atoms with Crippen LogP contribution >= 0.6 is 11.6 Å². The molecule has 102 valence electrons. The van der Waals surface area contributed by atoms with Crippen molar-refractivity contribution in [2.75, 3.05) is 0 Å². The summed E-state index contributed by atoms with van der Waals surface area (Å²) in [6, 6.07) is 8.52. The molecule has 1 unspecified atom stereocenters. The minimum absolute atomic E-state index is 0.00178. The Morgan fingerprint density at radius 3 is 2.55 bits per heavy atom. The van der Waals surface area contributed by atoms with Crippen LogP contribution in [0.1, 0.15) is 18.4 Å². The summed E-state index contributed by atoms with van der Waals surface area (Å²) < 4.78 is 5.15. The first kappa shape index (κ1) is 14.0. The molecule has 1 aliphatic rings. The van der Waals surface area contributed by atoms with Gasteiger partial charge < -0.3 is 15.6 Å². The van der Waals surface area contributed by atoms with Crippen LogP contribution in [0.4, 0.5) is 0 Å². The van der Waals surface area contributed by atoms with Crippen molar-refractivity contribution in [2.24, 2.45) is 5.73 Å². The van der Waals surface area contributed by atoms with Gasteiger partial charge >= 0.3 is 5.97 Å². The van der Waals surface area contributed by atoms with Crippen LogP contribution in [0.25, 0.3) is 0 Å². The molecule has 1 atom stereocenters. The van der Waals surface area contributed by atoms with Gasteiger partial charge in [-0.3, -0.25) is 0 Å². The Kier molecular flexibility index (Phi) is 3.68. The lowest BCUT2D eigenvalue weighted by Gasteiger charge is -2.25. The standard InChI is InChI=1S/C14H11ClN2O3/c1-7-11(14(18)19)12(10(6-16)13(17)20-7)8-2-4-9(15)5-3-8/h2-5,12H,17H2,1H3,(H,18,19). The van der Waals surface area contributed by atoms with E-state index in [9.17, 15) is 15.2 Å². The van der Waals surface area contributed by atoms with Gasteiger partial charge in [-0.1, -0.05) is 23.7 Å². The third-order valence-electron chi connectivity index (χ3n) is 3.04. The SMILES string of the molecule is CC1=C(C(=O)O)C(c2ccc(Cl)cc2)C(C#N)=C(N)O1. The summed E-state index contributed by atoms with van der Waals surface area (Å²) >= 11 is 5.82. The van der Waals surface area contributed by atoms with E-state index in [1.807, 2.05) is 6.07 Å². The molecule has 0 amide bonds. The first-order valence-corrected chi connectivity index (χ1v) is 6.10. The number of carbonyl (C=O) groups is 1. The number of halogens is 1. The van der Waals surface area contributed by atoms with Gasteiger partial charge in [-0.25, -0.2) is 4.79 Å². The highest BCUT2D eigenvalue weighted by Gasteiger charge is 2.35. The van der Waals surface area contributed by atoms with Crippen molar-refractivity contribution in [3.63, 3.8) is 0 Å². The lowest BCUT2D eigenvalue weighted by Crippen LogP contribution is -2.24. The van der Waals surface area contributed by atoms with Crippen molar-refractivity contribution in [2.45, 2.75) is 12.8 Å². The van der Waals surface area contributed by atoms with Gasteiger partial charge in [-0.05, 0) is 24.6 Å². The largest absolute Gasteiger partial charge is 0.478 e. The number of rotatable bonds is 2. The molecule has 0 radical (unpaired) electrons. The number of benzene rings is 1. The minimum Gasteiger partial charge on any atom is -0.478 e. The third kappa shape index (κ3) is 2.33. The predicted molar refractivity (Wildman–Crippen MR) is 72.4 cm³/mol. The van der Waals surface area contributed by atoms with Crippen LogP contribution < -0.4 is 5.73 Å². The average molecular weight is 291 g/mol. The molecule has 0 bridgehead atoms. The van der Waals surface area contributed by atoms with E-state index in [0.29, 0.717) is 10.6 Å². The highest BCUT2D eigenvalue weighted by molar-refractivity contribution is 6.30. The fourth-order valence-electron chi connectivity index (χ4n) is 2.15. The summed E-state index contributed by atoms with van der Waals surface area (Å²) in [6.07, 6.45) is 0. The van der Waals surface area contributed by atoms with Gasteiger partial charge in [0.1, 0.15) is 17.4 Å². The van der Waals surface area contributed by atoms with Gasteiger partial charge in [-0.2, -0.15) is 5.26 Å². The quantitative estimate of drug-likeness (QED) is 0.872. The molecule has 0 spiro atoms. The first-order chi connectivity index (χ1) is 9.45. The molecule has 1 aromatic carbocycles. The number of nitrogens with zero attached hydrogens (tertiary/aromatic N) is 1. The molecule has 3 N–H and O–H groups in total. The number of carboxylic acids is 1. The number of aliphatic carboxylic acids is 1. The number of hydrogen-bond acceptors (Lipinski definition) is 4. The molecule has 0 aliphatic carbocycles. The van der Waals surface area contributed by atoms with E-state index in [-0.39, 0.29) is 22.8 Å². The second-order valence-electron chi connectivity index (χ2n) is 4.25. The number of nitriles is 1. The molecule has 2 rings (SSSR count). The molecule has 1 heterocycles. The molecule has 0 fully saturated rings. The molecule has 0 saturated heterocycles. The molecule has 5 nitrogen and oxygen atoms in total. The molecule has 1 aliphatic heterocycles. The number of nitrogens with two attached hydrogens (primary N) is 1.